The van der Waals surface area contributed by atoms with Crippen molar-refractivity contribution < 1.29 is 4.52 Å². The first-order valence-electron chi connectivity index (χ1n) is 3.30. The molecule has 0 amide bonds. The molecule has 0 saturated heterocycles. The van der Waals surface area contributed by atoms with Gasteiger partial charge < -0.3 is 10.3 Å². The fourth-order valence-corrected chi connectivity index (χ4v) is 0.816. The van der Waals surface area contributed by atoms with E-state index in [1.165, 1.54) is 0 Å². The van der Waals surface area contributed by atoms with Crippen molar-refractivity contribution in [1.82, 2.24) is 5.16 Å². The Hall–Kier alpha value is -1.51. The highest BCUT2D eigenvalue weighted by molar-refractivity contribution is 5.44. The average molecular weight is 150 g/mol. The Morgan fingerprint density at radius 3 is 2.91 bits per heavy atom. The molecule has 1 rings (SSSR count). The van der Waals surface area contributed by atoms with E-state index < -0.39 is 0 Å². The van der Waals surface area contributed by atoms with Gasteiger partial charge in [0.1, 0.15) is 0 Å². The third-order valence-corrected chi connectivity index (χ3v) is 1.33. The Morgan fingerprint density at radius 1 is 1.64 bits per heavy atom. The molecule has 0 unspecified atom stereocenters. The molecule has 0 bridgehead atoms. The van der Waals surface area contributed by atoms with Gasteiger partial charge in [0.2, 0.25) is 0 Å². The van der Waals surface area contributed by atoms with Crippen LogP contribution >= 0.6 is 0 Å². The van der Waals surface area contributed by atoms with Crippen molar-refractivity contribution in [3.8, 4) is 0 Å². The van der Waals surface area contributed by atoms with Gasteiger partial charge >= 0.3 is 0 Å². The zero-order valence-corrected chi connectivity index (χ0v) is 6.37. The first-order valence-corrected chi connectivity index (χ1v) is 3.30. The topological polar surface area (TPSA) is 52.0 Å². The van der Waals surface area contributed by atoms with Gasteiger partial charge in [-0.25, -0.2) is 0 Å². The van der Waals surface area contributed by atoms with Crippen LogP contribution in [0.3, 0.4) is 0 Å². The maximum absolute atomic E-state index is 5.50. The minimum absolute atomic E-state index is 0.401. The van der Waals surface area contributed by atoms with E-state index in [-0.39, 0.29) is 0 Å². The van der Waals surface area contributed by atoms with Crippen molar-refractivity contribution in [3.63, 3.8) is 0 Å². The smallest absolute Gasteiger partial charge is 0.174 e. The molecule has 0 aliphatic carbocycles. The molecule has 0 atom stereocenters. The molecule has 0 fully saturated rings. The van der Waals surface area contributed by atoms with Crippen LogP contribution in [0.25, 0.3) is 12.2 Å². The first-order chi connectivity index (χ1) is 5.29. The molecule has 58 valence electrons. The lowest BCUT2D eigenvalue weighted by Gasteiger charge is -1.75. The number of anilines is 1. The number of aromatic nitrogens is 1. The van der Waals surface area contributed by atoms with E-state index in [0.29, 0.717) is 11.2 Å². The summed E-state index contributed by atoms with van der Waals surface area (Å²) in [5.41, 5.74) is 6.18. The van der Waals surface area contributed by atoms with Gasteiger partial charge in [0.15, 0.2) is 11.2 Å². The molecule has 1 heterocycles. The molecule has 3 heteroatoms. The van der Waals surface area contributed by atoms with Crippen LogP contribution in [0.5, 0.6) is 0 Å². The van der Waals surface area contributed by atoms with E-state index in [1.54, 1.807) is 18.2 Å². The minimum Gasteiger partial charge on any atom is -0.380 e. The Kier molecular flexibility index (Phi) is 2.11. The molecule has 3 nitrogen and oxygen atoms in total. The molecule has 0 saturated carbocycles. The quantitative estimate of drug-likeness (QED) is 0.614. The lowest BCUT2D eigenvalue weighted by atomic mass is 10.3. The standard InChI is InChI=1S/C8H10N2O/c1-3-5-6-7(4-2)11-10-8(6)9/h3-5H,1H2,2H3,(H2,9,10)/b6-5+,7-4+. The molecular formula is C8H10N2O. The fourth-order valence-electron chi connectivity index (χ4n) is 0.816. The van der Waals surface area contributed by atoms with E-state index >= 15 is 0 Å². The van der Waals surface area contributed by atoms with E-state index in [0.717, 1.165) is 5.22 Å². The average Bonchev–Trinajstić information content (AvgIpc) is 2.34. The van der Waals surface area contributed by atoms with Crippen molar-refractivity contribution >= 4 is 18.0 Å². The Balaban J connectivity index is 3.54. The number of nitrogens with two attached hydrogens (primary N) is 1. The van der Waals surface area contributed by atoms with Crippen molar-refractivity contribution in [3.05, 3.63) is 23.3 Å². The van der Waals surface area contributed by atoms with Gasteiger partial charge in [0, 0.05) is 0 Å². The summed E-state index contributed by atoms with van der Waals surface area (Å²) in [5, 5.41) is 4.39. The van der Waals surface area contributed by atoms with Gasteiger partial charge in [0.05, 0.1) is 5.22 Å². The molecule has 1 aromatic heterocycles. The first kappa shape index (κ1) is 7.60. The Bertz CT molecular complexity index is 362. The van der Waals surface area contributed by atoms with Gasteiger partial charge in [-0.2, -0.15) is 0 Å². The van der Waals surface area contributed by atoms with Crippen LogP contribution in [0.4, 0.5) is 5.82 Å². The van der Waals surface area contributed by atoms with Crippen LogP contribution in [0.15, 0.2) is 17.2 Å². The highest BCUT2D eigenvalue weighted by atomic mass is 16.5. The second-order valence-electron chi connectivity index (χ2n) is 2.04. The number of nitrogen functional groups attached to an aromatic ring is 1. The second kappa shape index (κ2) is 3.05. The number of allylic oxidation sites excluding steroid dienone is 1. The van der Waals surface area contributed by atoms with Crippen LogP contribution in [0.1, 0.15) is 6.92 Å². The molecule has 1 aromatic rings. The molecule has 2 N–H and O–H groups in total. The lowest BCUT2D eigenvalue weighted by molar-refractivity contribution is 0.396. The van der Waals surface area contributed by atoms with E-state index in [1.807, 2.05) is 6.92 Å². The summed E-state index contributed by atoms with van der Waals surface area (Å²) in [6.45, 7) is 5.42. The lowest BCUT2D eigenvalue weighted by Crippen LogP contribution is -2.21. The summed E-state index contributed by atoms with van der Waals surface area (Å²) in [6.07, 6.45) is 5.22. The Morgan fingerprint density at radius 2 is 2.36 bits per heavy atom. The maximum atomic E-state index is 5.50. The van der Waals surface area contributed by atoms with E-state index in [4.69, 9.17) is 10.3 Å². The van der Waals surface area contributed by atoms with Crippen LogP contribution in [-0.4, -0.2) is 5.16 Å². The van der Waals surface area contributed by atoms with E-state index in [2.05, 4.69) is 11.7 Å². The highest BCUT2D eigenvalue weighted by Gasteiger charge is 1.94. The minimum atomic E-state index is 0.401. The second-order valence-corrected chi connectivity index (χ2v) is 2.04. The third-order valence-electron chi connectivity index (χ3n) is 1.33. The molecule has 11 heavy (non-hydrogen) atoms. The monoisotopic (exact) mass is 150 g/mol. The number of hydrogen-bond acceptors (Lipinski definition) is 3. The fraction of sp³-hybridized carbons (Fsp3) is 0.125. The summed E-state index contributed by atoms with van der Waals surface area (Å²) in [7, 11) is 0. The zero-order valence-electron chi connectivity index (χ0n) is 6.37. The van der Waals surface area contributed by atoms with E-state index in [9.17, 15) is 0 Å². The van der Waals surface area contributed by atoms with Gasteiger partial charge in [-0.1, -0.05) is 17.8 Å². The number of nitrogens with zero attached hydrogens (tertiary/aromatic N) is 1. The van der Waals surface area contributed by atoms with Gasteiger partial charge in [-0.3, -0.25) is 0 Å². The molecule has 0 spiro atoms. The van der Waals surface area contributed by atoms with Crippen LogP contribution in [-0.2, 0) is 0 Å². The van der Waals surface area contributed by atoms with Crippen molar-refractivity contribution in [1.29, 1.82) is 0 Å². The summed E-state index contributed by atoms with van der Waals surface area (Å²) >= 11 is 0. The Labute approximate surface area is 64.5 Å². The van der Waals surface area contributed by atoms with Crippen molar-refractivity contribution in [2.75, 3.05) is 5.73 Å². The van der Waals surface area contributed by atoms with Gasteiger partial charge in [0.25, 0.3) is 0 Å². The molecule has 0 aliphatic heterocycles. The molecule has 0 radical (unpaired) electrons. The molecule has 0 aliphatic rings. The zero-order chi connectivity index (χ0) is 8.27. The number of rotatable bonds is 1. The highest BCUT2D eigenvalue weighted by Crippen LogP contribution is 1.79. The van der Waals surface area contributed by atoms with Gasteiger partial charge in [-0.15, -0.1) is 0 Å². The van der Waals surface area contributed by atoms with Crippen LogP contribution < -0.4 is 16.4 Å². The van der Waals surface area contributed by atoms with Crippen molar-refractivity contribution in [2.24, 2.45) is 0 Å². The molecular weight excluding hydrogens is 140 g/mol. The van der Waals surface area contributed by atoms with Gasteiger partial charge in [-0.05, 0) is 19.1 Å². The largest absolute Gasteiger partial charge is 0.380 e. The summed E-state index contributed by atoms with van der Waals surface area (Å²) < 4.78 is 4.89. The summed E-state index contributed by atoms with van der Waals surface area (Å²) in [6, 6.07) is 0. The molecule has 0 aromatic carbocycles. The third kappa shape index (κ3) is 1.32. The SMILES string of the molecule is C=C/C=c1/c(N)no/c1=C/C. The van der Waals surface area contributed by atoms with Crippen LogP contribution in [0, 0.1) is 0 Å². The predicted molar refractivity (Wildman–Crippen MR) is 45.0 cm³/mol. The van der Waals surface area contributed by atoms with Crippen LogP contribution in [0.2, 0.25) is 0 Å². The van der Waals surface area contributed by atoms with Crippen molar-refractivity contribution in [2.45, 2.75) is 6.92 Å². The maximum Gasteiger partial charge on any atom is 0.174 e. The summed E-state index contributed by atoms with van der Waals surface area (Å²) in [4.78, 5) is 0. The summed E-state index contributed by atoms with van der Waals surface area (Å²) in [5.74, 6) is 0.401. The number of hydrogen-bond donors (Lipinski definition) is 1. The predicted octanol–water partition coefficient (Wildman–Crippen LogP) is 0.0237. The normalized spacial score (nSPS) is 13.9.